The van der Waals surface area contributed by atoms with E-state index < -0.39 is 20.8 Å². The summed E-state index contributed by atoms with van der Waals surface area (Å²) in [6, 6.07) is 14.6. The summed E-state index contributed by atoms with van der Waals surface area (Å²) < 4.78 is 79.8. The van der Waals surface area contributed by atoms with Crippen LogP contribution in [0.1, 0.15) is 5.56 Å². The molecule has 0 bridgehead atoms. The lowest BCUT2D eigenvalue weighted by molar-refractivity contribution is 0.0906. The van der Waals surface area contributed by atoms with E-state index in [0.717, 1.165) is 12.1 Å². The van der Waals surface area contributed by atoms with Crippen molar-refractivity contribution in [3.8, 4) is 23.0 Å². The topological polar surface area (TPSA) is 74.3 Å². The molecule has 0 amide bonds. The Hall–Kier alpha value is -3.53. The number of ether oxygens (including phenoxy) is 4. The van der Waals surface area contributed by atoms with Gasteiger partial charge >= 0.3 is 15.3 Å². The first-order chi connectivity index (χ1) is 15.7. The van der Waals surface area contributed by atoms with Crippen molar-refractivity contribution < 1.29 is 36.1 Å². The monoisotopic (exact) mass is 479 g/mol. The minimum absolute atomic E-state index is 0.000317. The number of hydrogen-bond donors (Lipinski definition) is 0. The summed E-state index contributed by atoms with van der Waals surface area (Å²) in [5.41, 5.74) is -0.996. The van der Waals surface area contributed by atoms with Crippen LogP contribution in [0.3, 0.4) is 0 Å². The fraction of sp³-hybridized carbons (Fsp3) is 0.217. The van der Waals surface area contributed by atoms with Crippen LogP contribution in [-0.4, -0.2) is 36.9 Å². The van der Waals surface area contributed by atoms with E-state index in [-0.39, 0.29) is 22.9 Å². The Kier molecular flexibility index (Phi) is 6.97. The van der Waals surface area contributed by atoms with Gasteiger partial charge in [-0.1, -0.05) is 30.3 Å². The highest BCUT2D eigenvalue weighted by Gasteiger charge is 2.52. The number of sulfonamides is 1. The largest absolute Gasteiger partial charge is 0.497 e. The van der Waals surface area contributed by atoms with Crippen molar-refractivity contribution in [3.63, 3.8) is 0 Å². The molecule has 10 heteroatoms. The molecule has 0 heterocycles. The molecule has 0 atom stereocenters. The van der Waals surface area contributed by atoms with E-state index in [2.05, 4.69) is 0 Å². The molecule has 0 fully saturated rings. The number of rotatable bonds is 9. The van der Waals surface area contributed by atoms with Gasteiger partial charge in [0.15, 0.2) is 0 Å². The fourth-order valence-electron chi connectivity index (χ4n) is 3.19. The molecule has 0 aliphatic carbocycles. The Bertz CT molecular complexity index is 1160. The molecule has 0 aromatic heterocycles. The lowest BCUT2D eigenvalue weighted by Crippen LogP contribution is -2.39. The van der Waals surface area contributed by atoms with Crippen LogP contribution < -0.4 is 23.3 Å². The Balaban J connectivity index is 2.34. The average molecular weight is 480 g/mol. The highest BCUT2D eigenvalue weighted by molar-refractivity contribution is 7.93. The summed E-state index contributed by atoms with van der Waals surface area (Å²) in [6.45, 7) is 0. The third-order valence-electron chi connectivity index (χ3n) is 4.89. The number of methoxy groups -OCH3 is 4. The molecule has 0 spiro atoms. The maximum absolute atomic E-state index is 15.6. The number of anilines is 2. The second-order valence-corrected chi connectivity index (χ2v) is 8.56. The van der Waals surface area contributed by atoms with Crippen molar-refractivity contribution in [2.24, 2.45) is 0 Å². The highest BCUT2D eigenvalue weighted by Crippen LogP contribution is 2.48. The van der Waals surface area contributed by atoms with Gasteiger partial charge in [-0.25, -0.2) is 4.31 Å². The maximum atomic E-state index is 15.6. The van der Waals surface area contributed by atoms with Gasteiger partial charge in [-0.3, -0.25) is 0 Å². The van der Waals surface area contributed by atoms with Gasteiger partial charge in [0, 0.05) is 17.7 Å². The number of alkyl halides is 2. The van der Waals surface area contributed by atoms with Crippen molar-refractivity contribution in [2.45, 2.75) is 5.25 Å². The second kappa shape index (κ2) is 9.53. The number of nitrogens with zero attached hydrogens (tertiary/aromatic N) is 1. The lowest BCUT2D eigenvalue weighted by atomic mass is 10.2. The van der Waals surface area contributed by atoms with Gasteiger partial charge in [-0.2, -0.15) is 17.2 Å². The summed E-state index contributed by atoms with van der Waals surface area (Å²) in [7, 11) is 0.0162. The SMILES string of the molecule is COc1ccc(N(c2ccc(OC)cc2OC)S(=O)(=O)C(F)(F)c2ccccc2)c(OC)c1. The summed E-state index contributed by atoms with van der Waals surface area (Å²) in [5, 5.41) is -4.29. The predicted molar refractivity (Wildman–Crippen MR) is 120 cm³/mol. The first-order valence-corrected chi connectivity index (χ1v) is 11.1. The molecule has 0 aliphatic heterocycles. The van der Waals surface area contributed by atoms with Crippen LogP contribution in [0.4, 0.5) is 20.2 Å². The molecular formula is C23H23F2NO6S. The van der Waals surface area contributed by atoms with E-state index in [1.54, 1.807) is 0 Å². The smallest absolute Gasteiger partial charge is 0.389 e. The third-order valence-corrected chi connectivity index (χ3v) is 6.64. The zero-order valence-corrected chi connectivity index (χ0v) is 19.2. The molecule has 3 aromatic carbocycles. The van der Waals surface area contributed by atoms with Crippen LogP contribution in [0.15, 0.2) is 66.7 Å². The summed E-state index contributed by atoms with van der Waals surface area (Å²) in [5.74, 6) is 0.702. The molecule has 0 saturated heterocycles. The number of benzene rings is 3. The lowest BCUT2D eigenvalue weighted by Gasteiger charge is -2.31. The van der Waals surface area contributed by atoms with Crippen LogP contribution in [0.5, 0.6) is 23.0 Å². The minimum Gasteiger partial charge on any atom is -0.497 e. The van der Waals surface area contributed by atoms with Crippen LogP contribution in [0.25, 0.3) is 0 Å². The van der Waals surface area contributed by atoms with E-state index in [1.165, 1.54) is 83.0 Å². The van der Waals surface area contributed by atoms with E-state index in [1.807, 2.05) is 0 Å². The Labute approximate surface area is 191 Å². The van der Waals surface area contributed by atoms with E-state index in [9.17, 15) is 8.42 Å². The van der Waals surface area contributed by atoms with Gasteiger partial charge in [0.2, 0.25) is 0 Å². The number of hydrogen-bond acceptors (Lipinski definition) is 6. The molecular weight excluding hydrogens is 456 g/mol. The third kappa shape index (κ3) is 4.38. The second-order valence-electron chi connectivity index (χ2n) is 6.73. The molecule has 3 rings (SSSR count). The molecule has 0 aliphatic rings. The molecule has 0 N–H and O–H groups in total. The maximum Gasteiger partial charge on any atom is 0.389 e. The molecule has 0 radical (unpaired) electrons. The predicted octanol–water partition coefficient (Wildman–Crippen LogP) is 4.94. The van der Waals surface area contributed by atoms with Gasteiger partial charge in [0.05, 0.1) is 39.8 Å². The number of halogens is 2. The van der Waals surface area contributed by atoms with Gasteiger partial charge in [0.1, 0.15) is 23.0 Å². The normalized spacial score (nSPS) is 11.6. The first kappa shape index (κ1) is 24.1. The van der Waals surface area contributed by atoms with Crippen molar-refractivity contribution in [1.82, 2.24) is 0 Å². The zero-order valence-electron chi connectivity index (χ0n) is 18.4. The Morgan fingerprint density at radius 2 is 1.15 bits per heavy atom. The van der Waals surface area contributed by atoms with E-state index >= 15 is 8.78 Å². The fourth-order valence-corrected chi connectivity index (χ4v) is 4.67. The highest BCUT2D eigenvalue weighted by atomic mass is 32.2. The van der Waals surface area contributed by atoms with Crippen molar-refractivity contribution in [1.29, 1.82) is 0 Å². The Morgan fingerprint density at radius 1 is 0.697 bits per heavy atom. The van der Waals surface area contributed by atoms with Gasteiger partial charge in [-0.15, -0.1) is 0 Å². The molecule has 0 saturated carbocycles. The van der Waals surface area contributed by atoms with Gasteiger partial charge < -0.3 is 18.9 Å². The van der Waals surface area contributed by atoms with Crippen LogP contribution in [0, 0.1) is 0 Å². The van der Waals surface area contributed by atoms with Crippen LogP contribution >= 0.6 is 0 Å². The van der Waals surface area contributed by atoms with Gasteiger partial charge in [-0.05, 0) is 24.3 Å². The zero-order chi connectivity index (χ0) is 24.2. The molecule has 176 valence electrons. The summed E-state index contributed by atoms with van der Waals surface area (Å²) >= 11 is 0. The van der Waals surface area contributed by atoms with Crippen molar-refractivity contribution >= 4 is 21.4 Å². The molecule has 33 heavy (non-hydrogen) atoms. The standard InChI is InChI=1S/C23H23F2NO6S/c1-29-17-10-12-19(21(14-17)31-3)26(20-13-11-18(30-2)15-22(20)32-4)33(27,28)23(24,25)16-8-6-5-7-9-16/h5-15H,1-4H3. The molecule has 3 aromatic rings. The summed E-state index contributed by atoms with van der Waals surface area (Å²) in [6.07, 6.45) is 0. The van der Waals surface area contributed by atoms with Crippen LogP contribution in [0.2, 0.25) is 0 Å². The molecule has 0 unspecified atom stereocenters. The van der Waals surface area contributed by atoms with Gasteiger partial charge in [0.25, 0.3) is 0 Å². The van der Waals surface area contributed by atoms with E-state index in [0.29, 0.717) is 15.8 Å². The van der Waals surface area contributed by atoms with Crippen LogP contribution in [-0.2, 0) is 15.3 Å². The Morgan fingerprint density at radius 3 is 1.55 bits per heavy atom. The van der Waals surface area contributed by atoms with Crippen molar-refractivity contribution in [3.05, 3.63) is 72.3 Å². The van der Waals surface area contributed by atoms with E-state index in [4.69, 9.17) is 18.9 Å². The average Bonchev–Trinajstić information content (AvgIpc) is 2.84. The quantitative estimate of drug-likeness (QED) is 0.433. The minimum atomic E-state index is -5.41. The summed E-state index contributed by atoms with van der Waals surface area (Å²) in [4.78, 5) is 0. The van der Waals surface area contributed by atoms with Crippen molar-refractivity contribution in [2.75, 3.05) is 32.7 Å². The first-order valence-electron chi connectivity index (χ1n) is 9.63. The molecule has 7 nitrogen and oxygen atoms in total.